The number of halogens is 1. The number of benzene rings is 2. The van der Waals surface area contributed by atoms with E-state index in [1.807, 2.05) is 48.5 Å². The number of fused-ring (bicyclic) bond motifs is 1. The maximum atomic E-state index is 12.3. The van der Waals surface area contributed by atoms with Crippen LogP contribution in [0.25, 0.3) is 0 Å². The van der Waals surface area contributed by atoms with Crippen molar-refractivity contribution in [3.05, 3.63) is 57.7 Å². The maximum absolute atomic E-state index is 12.3. The number of amides is 1. The molecule has 0 saturated carbocycles. The van der Waals surface area contributed by atoms with Crippen molar-refractivity contribution in [1.29, 1.82) is 0 Å². The zero-order valence-electron chi connectivity index (χ0n) is 10.8. The van der Waals surface area contributed by atoms with Gasteiger partial charge in [0.15, 0.2) is 0 Å². The highest BCUT2D eigenvalue weighted by molar-refractivity contribution is 14.1. The van der Waals surface area contributed by atoms with Crippen LogP contribution in [0, 0.1) is 9.49 Å². The number of hydrogen-bond donors (Lipinski definition) is 1. The first-order valence-electron chi connectivity index (χ1n) is 6.49. The zero-order valence-corrected chi connectivity index (χ0v) is 13.0. The van der Waals surface area contributed by atoms with Gasteiger partial charge in [-0.1, -0.05) is 18.2 Å². The summed E-state index contributed by atoms with van der Waals surface area (Å²) in [5, 5.41) is 2.95. The van der Waals surface area contributed by atoms with Crippen molar-refractivity contribution in [2.75, 3.05) is 11.9 Å². The van der Waals surface area contributed by atoms with Crippen molar-refractivity contribution in [3.8, 4) is 5.75 Å². The second-order valence-electron chi connectivity index (χ2n) is 4.82. The fourth-order valence-corrected chi connectivity index (χ4v) is 2.63. The Labute approximate surface area is 131 Å². The number of carbonyl (C=O) groups excluding carboxylic acids is 1. The van der Waals surface area contributed by atoms with Crippen LogP contribution in [0.5, 0.6) is 5.75 Å². The standard InChI is InChI=1S/C16H14INO2/c17-13-5-7-14(8-6-13)18-16(19)12-9-11-3-1-2-4-15(11)20-10-12/h1-8,12H,9-10H2,(H,18,19)/t12-/m1/s1. The van der Waals surface area contributed by atoms with E-state index < -0.39 is 0 Å². The Morgan fingerprint density at radius 1 is 1.15 bits per heavy atom. The number of ether oxygens (including phenoxy) is 1. The Morgan fingerprint density at radius 3 is 2.70 bits per heavy atom. The molecule has 0 saturated heterocycles. The minimum atomic E-state index is -0.135. The Hall–Kier alpha value is -1.56. The van der Waals surface area contributed by atoms with Gasteiger partial charge in [0.2, 0.25) is 5.91 Å². The van der Waals surface area contributed by atoms with Crippen LogP contribution in [0.15, 0.2) is 48.5 Å². The molecule has 1 aliphatic heterocycles. The third kappa shape index (κ3) is 2.95. The molecular weight excluding hydrogens is 365 g/mol. The predicted octanol–water partition coefficient (Wildman–Crippen LogP) is 3.48. The Morgan fingerprint density at radius 2 is 1.90 bits per heavy atom. The van der Waals surface area contributed by atoms with Crippen LogP contribution in [0.3, 0.4) is 0 Å². The van der Waals surface area contributed by atoms with Gasteiger partial charge in [-0.05, 0) is 64.9 Å². The van der Waals surface area contributed by atoms with Gasteiger partial charge in [0.05, 0.1) is 5.92 Å². The first kappa shape index (κ1) is 13.4. The normalized spacial score (nSPS) is 16.9. The van der Waals surface area contributed by atoms with Gasteiger partial charge < -0.3 is 10.1 Å². The van der Waals surface area contributed by atoms with Crippen LogP contribution in [-0.2, 0) is 11.2 Å². The third-order valence-corrected chi connectivity index (χ3v) is 4.08. The monoisotopic (exact) mass is 379 g/mol. The molecule has 0 radical (unpaired) electrons. The van der Waals surface area contributed by atoms with E-state index in [9.17, 15) is 4.79 Å². The molecule has 0 unspecified atom stereocenters. The SMILES string of the molecule is O=C(Nc1ccc(I)cc1)[C@H]1COc2ccccc2C1. The van der Waals surface area contributed by atoms with E-state index in [0.717, 1.165) is 27.0 Å². The molecule has 102 valence electrons. The van der Waals surface area contributed by atoms with E-state index in [0.29, 0.717) is 6.61 Å². The number of nitrogens with one attached hydrogen (secondary N) is 1. The molecule has 4 heteroatoms. The van der Waals surface area contributed by atoms with Gasteiger partial charge in [0, 0.05) is 9.26 Å². The van der Waals surface area contributed by atoms with Crippen molar-refractivity contribution < 1.29 is 9.53 Å². The van der Waals surface area contributed by atoms with Crippen molar-refractivity contribution in [3.63, 3.8) is 0 Å². The number of carbonyl (C=O) groups is 1. The molecule has 0 fully saturated rings. The van der Waals surface area contributed by atoms with Gasteiger partial charge >= 0.3 is 0 Å². The van der Waals surface area contributed by atoms with E-state index in [1.54, 1.807) is 0 Å². The lowest BCUT2D eigenvalue weighted by Gasteiger charge is -2.24. The fourth-order valence-electron chi connectivity index (χ4n) is 2.27. The van der Waals surface area contributed by atoms with E-state index >= 15 is 0 Å². The molecule has 1 amide bonds. The first-order chi connectivity index (χ1) is 9.72. The fraction of sp³-hybridized carbons (Fsp3) is 0.188. The predicted molar refractivity (Wildman–Crippen MR) is 86.9 cm³/mol. The van der Waals surface area contributed by atoms with Crippen molar-refractivity contribution in [2.24, 2.45) is 5.92 Å². The van der Waals surface area contributed by atoms with Crippen LogP contribution < -0.4 is 10.1 Å². The summed E-state index contributed by atoms with van der Waals surface area (Å²) in [5.41, 5.74) is 1.93. The number of anilines is 1. The average Bonchev–Trinajstić information content (AvgIpc) is 2.49. The van der Waals surface area contributed by atoms with Crippen molar-refractivity contribution >= 4 is 34.2 Å². The molecular formula is C16H14INO2. The minimum absolute atomic E-state index is 0.0145. The van der Waals surface area contributed by atoms with Gasteiger partial charge in [-0.2, -0.15) is 0 Å². The van der Waals surface area contributed by atoms with Crippen molar-refractivity contribution in [2.45, 2.75) is 6.42 Å². The van der Waals surface area contributed by atoms with E-state index in [-0.39, 0.29) is 11.8 Å². The summed E-state index contributed by atoms with van der Waals surface area (Å²) in [5.74, 6) is 0.774. The minimum Gasteiger partial charge on any atom is -0.492 e. The largest absolute Gasteiger partial charge is 0.492 e. The van der Waals surface area contributed by atoms with Crippen LogP contribution in [0.2, 0.25) is 0 Å². The Kier molecular flexibility index (Phi) is 3.91. The summed E-state index contributed by atoms with van der Waals surface area (Å²) in [6.07, 6.45) is 0.729. The quantitative estimate of drug-likeness (QED) is 0.812. The topological polar surface area (TPSA) is 38.3 Å². The molecule has 3 rings (SSSR count). The summed E-state index contributed by atoms with van der Waals surface area (Å²) in [6, 6.07) is 15.7. The van der Waals surface area contributed by atoms with Crippen LogP contribution in [-0.4, -0.2) is 12.5 Å². The van der Waals surface area contributed by atoms with Gasteiger partial charge in [-0.3, -0.25) is 4.79 Å². The van der Waals surface area contributed by atoms with E-state index in [2.05, 4.69) is 27.9 Å². The molecule has 0 aliphatic carbocycles. The Balaban J connectivity index is 1.68. The maximum Gasteiger partial charge on any atom is 0.231 e. The smallest absolute Gasteiger partial charge is 0.231 e. The summed E-state index contributed by atoms with van der Waals surface area (Å²) in [4.78, 5) is 12.3. The van der Waals surface area contributed by atoms with Gasteiger partial charge in [0.1, 0.15) is 12.4 Å². The van der Waals surface area contributed by atoms with E-state index in [1.165, 1.54) is 0 Å². The van der Waals surface area contributed by atoms with Crippen LogP contribution in [0.4, 0.5) is 5.69 Å². The molecule has 2 aromatic carbocycles. The first-order valence-corrected chi connectivity index (χ1v) is 7.57. The molecule has 1 heterocycles. The number of hydrogen-bond acceptors (Lipinski definition) is 2. The summed E-state index contributed by atoms with van der Waals surface area (Å²) < 4.78 is 6.80. The lowest BCUT2D eigenvalue weighted by Crippen LogP contribution is -2.32. The third-order valence-electron chi connectivity index (χ3n) is 3.36. The highest BCUT2D eigenvalue weighted by Gasteiger charge is 2.25. The molecule has 0 bridgehead atoms. The summed E-state index contributed by atoms with van der Waals surface area (Å²) in [7, 11) is 0. The Bertz CT molecular complexity index is 625. The molecule has 2 aromatic rings. The van der Waals surface area contributed by atoms with Gasteiger partial charge in [0.25, 0.3) is 0 Å². The molecule has 0 spiro atoms. The average molecular weight is 379 g/mol. The van der Waals surface area contributed by atoms with Crippen molar-refractivity contribution in [1.82, 2.24) is 0 Å². The number of rotatable bonds is 2. The molecule has 20 heavy (non-hydrogen) atoms. The summed E-state index contributed by atoms with van der Waals surface area (Å²) in [6.45, 7) is 0.438. The van der Waals surface area contributed by atoms with Crippen LogP contribution in [0.1, 0.15) is 5.56 Å². The second kappa shape index (κ2) is 5.83. The van der Waals surface area contributed by atoms with Gasteiger partial charge in [-0.25, -0.2) is 0 Å². The molecule has 0 aromatic heterocycles. The van der Waals surface area contributed by atoms with Crippen LogP contribution >= 0.6 is 22.6 Å². The lowest BCUT2D eigenvalue weighted by atomic mass is 9.96. The lowest BCUT2D eigenvalue weighted by molar-refractivity contribution is -0.121. The highest BCUT2D eigenvalue weighted by Crippen LogP contribution is 2.27. The summed E-state index contributed by atoms with van der Waals surface area (Å²) >= 11 is 2.24. The zero-order chi connectivity index (χ0) is 13.9. The molecule has 1 atom stereocenters. The molecule has 3 nitrogen and oxygen atoms in total. The molecule has 1 N–H and O–H groups in total. The number of para-hydroxylation sites is 1. The molecule has 1 aliphatic rings. The van der Waals surface area contributed by atoms with E-state index in [4.69, 9.17) is 4.74 Å². The van der Waals surface area contributed by atoms with Gasteiger partial charge in [-0.15, -0.1) is 0 Å². The highest BCUT2D eigenvalue weighted by atomic mass is 127. The second-order valence-corrected chi connectivity index (χ2v) is 6.06.